The van der Waals surface area contributed by atoms with Gasteiger partial charge in [0.2, 0.25) is 0 Å². The van der Waals surface area contributed by atoms with Gasteiger partial charge in [-0.15, -0.1) is 0 Å². The second kappa shape index (κ2) is 8.47. The lowest BCUT2D eigenvalue weighted by molar-refractivity contribution is -0.0654. The van der Waals surface area contributed by atoms with Crippen LogP contribution in [0.1, 0.15) is 28.5 Å². The molecule has 3 N–H and O–H groups in total. The van der Waals surface area contributed by atoms with Crippen LogP contribution in [0.5, 0.6) is 0 Å². The molecule has 0 aromatic carbocycles. The number of hydrogen-bond acceptors (Lipinski definition) is 7. The number of amidine groups is 1. The molecule has 11 heteroatoms. The zero-order valence-electron chi connectivity index (χ0n) is 16.9. The number of aliphatic imine (C=N–C) groups is 2. The number of alkyl halides is 3. The second-order valence-electron chi connectivity index (χ2n) is 7.66. The third-order valence-corrected chi connectivity index (χ3v) is 5.33. The van der Waals surface area contributed by atoms with E-state index in [0.29, 0.717) is 11.1 Å². The number of rotatable bonds is 5. The maximum atomic E-state index is 14.7. The van der Waals surface area contributed by atoms with Gasteiger partial charge in [0.05, 0.1) is 17.7 Å². The Kier molecular flexibility index (Phi) is 6.13. The van der Waals surface area contributed by atoms with Crippen LogP contribution in [0, 0.1) is 24.2 Å². The van der Waals surface area contributed by atoms with E-state index in [1.165, 1.54) is 18.3 Å². The van der Waals surface area contributed by atoms with Crippen LogP contribution < -0.4 is 11.1 Å². The summed E-state index contributed by atoms with van der Waals surface area (Å²) < 4.78 is 46.6. The molecule has 1 aromatic heterocycles. The monoisotopic (exact) mass is 434 g/mol. The van der Waals surface area contributed by atoms with E-state index in [2.05, 4.69) is 20.3 Å². The summed E-state index contributed by atoms with van der Waals surface area (Å²) in [5, 5.41) is 11.5. The highest BCUT2D eigenvalue weighted by Crippen LogP contribution is 2.36. The van der Waals surface area contributed by atoms with Gasteiger partial charge in [0, 0.05) is 18.3 Å². The molecule has 0 bridgehead atoms. The predicted molar refractivity (Wildman–Crippen MR) is 107 cm³/mol. The number of hydrogen-bond donors (Lipinski definition) is 2. The number of amides is 1. The number of halogens is 3. The van der Waals surface area contributed by atoms with Crippen LogP contribution in [-0.2, 0) is 4.74 Å². The van der Waals surface area contributed by atoms with Gasteiger partial charge in [-0.3, -0.25) is 9.79 Å². The fraction of sp³-hybridized carbons (Fsp3) is 0.450. The number of nitrogens with zero attached hydrogens (tertiary/aromatic N) is 4. The third kappa shape index (κ3) is 4.16. The number of aryl methyl sites for hydroxylation is 1. The van der Waals surface area contributed by atoms with Crippen molar-refractivity contribution in [1.29, 1.82) is 5.26 Å². The molecule has 1 aromatic rings. The molecule has 31 heavy (non-hydrogen) atoms. The second-order valence-corrected chi connectivity index (χ2v) is 7.66. The van der Waals surface area contributed by atoms with Gasteiger partial charge in [-0.05, 0) is 31.6 Å². The van der Waals surface area contributed by atoms with Gasteiger partial charge in [0.15, 0.2) is 5.60 Å². The Morgan fingerprint density at radius 2 is 2.16 bits per heavy atom. The Labute approximate surface area is 176 Å². The number of carbonyl (C=O) groups excluding carboxylic acids is 1. The van der Waals surface area contributed by atoms with E-state index < -0.39 is 48.3 Å². The molecular weight excluding hydrogens is 413 g/mol. The first-order valence-electron chi connectivity index (χ1n) is 9.38. The van der Waals surface area contributed by atoms with E-state index >= 15 is 0 Å². The van der Waals surface area contributed by atoms with E-state index in [4.69, 9.17) is 15.7 Å². The molecule has 2 aliphatic rings. The Morgan fingerprint density at radius 3 is 2.74 bits per heavy atom. The van der Waals surface area contributed by atoms with Crippen molar-refractivity contribution in [3.05, 3.63) is 41.0 Å². The van der Waals surface area contributed by atoms with Gasteiger partial charge in [-0.2, -0.15) is 5.26 Å². The zero-order chi connectivity index (χ0) is 22.8. The number of nitriles is 1. The van der Waals surface area contributed by atoms with Crippen molar-refractivity contribution >= 4 is 18.0 Å². The van der Waals surface area contributed by atoms with Crippen LogP contribution in [0.3, 0.4) is 0 Å². The van der Waals surface area contributed by atoms with Crippen molar-refractivity contribution in [3.63, 3.8) is 0 Å². The van der Waals surface area contributed by atoms with Crippen molar-refractivity contribution in [2.24, 2.45) is 21.6 Å². The minimum Gasteiger partial charge on any atom is -0.385 e. The summed E-state index contributed by atoms with van der Waals surface area (Å²) in [4.78, 5) is 24.6. The largest absolute Gasteiger partial charge is 0.385 e. The maximum absolute atomic E-state index is 14.7. The number of pyridine rings is 1. The summed E-state index contributed by atoms with van der Waals surface area (Å²) >= 11 is 0. The molecule has 3 heterocycles. The Balaban J connectivity index is 1.85. The molecule has 2 unspecified atom stereocenters. The highest BCUT2D eigenvalue weighted by atomic mass is 19.1. The molecule has 0 fully saturated rings. The number of nitrogens with two attached hydrogens (primary N) is 1. The number of nitrogens with one attached hydrogen (secondary N) is 1. The molecular formula is C20H21F3N6O2. The van der Waals surface area contributed by atoms with Crippen LogP contribution >= 0.6 is 0 Å². The van der Waals surface area contributed by atoms with E-state index in [1.54, 1.807) is 13.8 Å². The standard InChI is InChI=1S/C20H21F3N6O2/c1-11-3-12(5-24)6-27-16(11)17(30)28-15-4-13(14(23)7-26-15)19(2)10-31-20(8-21,9-22)18(25)29-19/h3-4,6-7,13-14H,8-10H2,1-2H3,(H2,25,29)(H,28,30)/t13?,14?,19-/m0/s1. The fourth-order valence-corrected chi connectivity index (χ4v) is 3.38. The van der Waals surface area contributed by atoms with Gasteiger partial charge in [-0.1, -0.05) is 0 Å². The lowest BCUT2D eigenvalue weighted by Crippen LogP contribution is -2.60. The van der Waals surface area contributed by atoms with Crippen molar-refractivity contribution < 1.29 is 22.7 Å². The Bertz CT molecular complexity index is 1010. The lowest BCUT2D eigenvalue weighted by atomic mass is 9.80. The SMILES string of the molecule is Cc1cc(C#N)cnc1C(=O)NC1=CC([C@]2(C)COC(CF)(CF)C(N)=N2)C(F)C=N1. The summed E-state index contributed by atoms with van der Waals surface area (Å²) in [6.45, 7) is 0.483. The quantitative estimate of drug-likeness (QED) is 0.730. The molecule has 3 atom stereocenters. The van der Waals surface area contributed by atoms with Crippen molar-refractivity contribution in [2.45, 2.75) is 31.2 Å². The summed E-state index contributed by atoms with van der Waals surface area (Å²) in [6, 6.07) is 3.45. The van der Waals surface area contributed by atoms with Gasteiger partial charge in [0.25, 0.3) is 5.91 Å². The first kappa shape index (κ1) is 22.4. The van der Waals surface area contributed by atoms with Gasteiger partial charge >= 0.3 is 0 Å². The lowest BCUT2D eigenvalue weighted by Gasteiger charge is -2.43. The minimum atomic E-state index is -1.96. The molecule has 2 aliphatic heterocycles. The third-order valence-electron chi connectivity index (χ3n) is 5.33. The van der Waals surface area contributed by atoms with Crippen LogP contribution in [0.2, 0.25) is 0 Å². The van der Waals surface area contributed by atoms with E-state index in [1.807, 2.05) is 6.07 Å². The summed E-state index contributed by atoms with van der Waals surface area (Å²) in [7, 11) is 0. The molecule has 164 valence electrons. The van der Waals surface area contributed by atoms with Crippen molar-refractivity contribution in [2.75, 3.05) is 20.0 Å². The molecule has 0 aliphatic carbocycles. The van der Waals surface area contributed by atoms with E-state index in [0.717, 1.165) is 6.21 Å². The zero-order valence-corrected chi connectivity index (χ0v) is 16.9. The highest BCUT2D eigenvalue weighted by Gasteiger charge is 2.49. The molecule has 0 saturated heterocycles. The summed E-state index contributed by atoms with van der Waals surface area (Å²) in [5.41, 5.74) is 3.39. The normalized spacial score (nSPS) is 27.1. The maximum Gasteiger partial charge on any atom is 0.275 e. The topological polar surface area (TPSA) is 126 Å². The summed E-state index contributed by atoms with van der Waals surface area (Å²) in [6.07, 6.45) is 2.03. The number of ether oxygens (including phenoxy) is 1. The van der Waals surface area contributed by atoms with Crippen LogP contribution in [0.25, 0.3) is 0 Å². The molecule has 0 radical (unpaired) electrons. The Morgan fingerprint density at radius 1 is 1.45 bits per heavy atom. The Hall–Kier alpha value is -3.26. The molecule has 3 rings (SSSR count). The minimum absolute atomic E-state index is 0.0530. The first-order chi connectivity index (χ1) is 14.7. The average Bonchev–Trinajstić information content (AvgIpc) is 2.75. The van der Waals surface area contributed by atoms with E-state index in [-0.39, 0.29) is 18.1 Å². The van der Waals surface area contributed by atoms with Gasteiger partial charge in [-0.25, -0.2) is 23.1 Å². The molecule has 8 nitrogen and oxygen atoms in total. The van der Waals surface area contributed by atoms with Gasteiger partial charge < -0.3 is 15.8 Å². The van der Waals surface area contributed by atoms with Gasteiger partial charge in [0.1, 0.15) is 42.9 Å². The van der Waals surface area contributed by atoms with Crippen LogP contribution in [0.15, 0.2) is 34.1 Å². The predicted octanol–water partition coefficient (Wildman–Crippen LogP) is 1.70. The fourth-order valence-electron chi connectivity index (χ4n) is 3.38. The van der Waals surface area contributed by atoms with E-state index in [9.17, 15) is 18.0 Å². The van der Waals surface area contributed by atoms with Crippen molar-refractivity contribution in [1.82, 2.24) is 10.3 Å². The summed E-state index contributed by atoms with van der Waals surface area (Å²) in [5.74, 6) is -1.90. The molecule has 0 spiro atoms. The number of carbonyl (C=O) groups is 1. The smallest absolute Gasteiger partial charge is 0.275 e. The molecule has 0 saturated carbocycles. The first-order valence-corrected chi connectivity index (χ1v) is 9.38. The average molecular weight is 434 g/mol. The molecule has 1 amide bonds. The van der Waals surface area contributed by atoms with Crippen molar-refractivity contribution in [3.8, 4) is 6.07 Å². The van der Waals surface area contributed by atoms with Crippen LogP contribution in [-0.4, -0.2) is 60.2 Å². The van der Waals surface area contributed by atoms with Crippen LogP contribution in [0.4, 0.5) is 13.2 Å². The highest BCUT2D eigenvalue weighted by molar-refractivity contribution is 5.95. The number of aromatic nitrogens is 1.